The Morgan fingerprint density at radius 1 is 1.21 bits per heavy atom. The number of thiophene rings is 1. The van der Waals surface area contributed by atoms with Gasteiger partial charge in [-0.1, -0.05) is 36.8 Å². The molecule has 1 heterocycles. The molecule has 0 aliphatic heterocycles. The second-order valence-electron chi connectivity index (χ2n) is 5.22. The molecule has 1 nitrogen and oxygen atoms in total. The summed E-state index contributed by atoms with van der Waals surface area (Å²) in [5.74, 6) is 0. The van der Waals surface area contributed by atoms with Crippen LogP contribution < -0.4 is 5.32 Å². The maximum atomic E-state index is 3.76. The topological polar surface area (TPSA) is 12.0 Å². The van der Waals surface area contributed by atoms with Crippen LogP contribution in [0.5, 0.6) is 0 Å². The second-order valence-corrected chi connectivity index (χ2v) is 6.20. The Morgan fingerprint density at radius 3 is 2.63 bits per heavy atom. The summed E-state index contributed by atoms with van der Waals surface area (Å²) in [6.07, 6.45) is 1.12. The highest BCUT2D eigenvalue weighted by atomic mass is 32.1. The molecule has 2 unspecified atom stereocenters. The van der Waals surface area contributed by atoms with Gasteiger partial charge in [-0.3, -0.25) is 0 Å². The van der Waals surface area contributed by atoms with Crippen molar-refractivity contribution in [2.24, 2.45) is 0 Å². The lowest BCUT2D eigenvalue weighted by Crippen LogP contribution is -2.24. The van der Waals surface area contributed by atoms with Crippen molar-refractivity contribution in [3.05, 3.63) is 57.3 Å². The largest absolute Gasteiger partial charge is 0.303 e. The van der Waals surface area contributed by atoms with E-state index in [2.05, 4.69) is 68.7 Å². The van der Waals surface area contributed by atoms with Crippen molar-refractivity contribution in [1.82, 2.24) is 5.32 Å². The molecule has 102 valence electrons. The van der Waals surface area contributed by atoms with Crippen molar-refractivity contribution in [2.75, 3.05) is 0 Å². The summed E-state index contributed by atoms with van der Waals surface area (Å²) >= 11 is 1.84. The Morgan fingerprint density at radius 2 is 2.00 bits per heavy atom. The van der Waals surface area contributed by atoms with E-state index in [1.807, 2.05) is 11.3 Å². The van der Waals surface area contributed by atoms with Gasteiger partial charge in [0.15, 0.2) is 0 Å². The summed E-state index contributed by atoms with van der Waals surface area (Å²) in [4.78, 5) is 1.43. The molecular weight excluding hydrogens is 250 g/mol. The molecule has 19 heavy (non-hydrogen) atoms. The molecule has 0 spiro atoms. The molecule has 0 saturated carbocycles. The molecule has 1 aromatic heterocycles. The maximum absolute atomic E-state index is 3.76. The Balaban J connectivity index is 2.15. The fourth-order valence-corrected chi connectivity index (χ4v) is 3.38. The summed E-state index contributed by atoms with van der Waals surface area (Å²) in [5, 5.41) is 5.92. The summed E-state index contributed by atoms with van der Waals surface area (Å²) in [6.45, 7) is 8.86. The molecule has 0 bridgehead atoms. The SMILES string of the molecule is CCC(NC(C)c1cc(C)ccc1C)c1cccs1. The van der Waals surface area contributed by atoms with E-state index in [1.54, 1.807) is 0 Å². The molecule has 1 aromatic carbocycles. The minimum absolute atomic E-state index is 0.381. The molecular formula is C17H23NS. The first-order valence-electron chi connectivity index (χ1n) is 6.98. The van der Waals surface area contributed by atoms with Gasteiger partial charge in [0.2, 0.25) is 0 Å². The van der Waals surface area contributed by atoms with E-state index in [1.165, 1.54) is 21.6 Å². The summed E-state index contributed by atoms with van der Waals surface area (Å²) < 4.78 is 0. The average Bonchev–Trinajstić information content (AvgIpc) is 2.92. The fourth-order valence-electron chi connectivity index (χ4n) is 2.51. The van der Waals surface area contributed by atoms with Gasteiger partial charge in [-0.2, -0.15) is 0 Å². The van der Waals surface area contributed by atoms with Gasteiger partial charge in [0.1, 0.15) is 0 Å². The third-order valence-corrected chi connectivity index (χ3v) is 4.63. The molecule has 0 radical (unpaired) electrons. The molecule has 0 aliphatic carbocycles. The first kappa shape index (κ1) is 14.3. The number of benzene rings is 1. The number of nitrogens with one attached hydrogen (secondary N) is 1. The van der Waals surface area contributed by atoms with E-state index in [-0.39, 0.29) is 0 Å². The molecule has 2 heteroatoms. The molecule has 0 fully saturated rings. The van der Waals surface area contributed by atoms with E-state index in [9.17, 15) is 0 Å². The van der Waals surface area contributed by atoms with Crippen molar-refractivity contribution < 1.29 is 0 Å². The monoisotopic (exact) mass is 273 g/mol. The maximum Gasteiger partial charge on any atom is 0.0416 e. The number of aryl methyl sites for hydroxylation is 2. The van der Waals surface area contributed by atoms with Crippen molar-refractivity contribution in [2.45, 2.75) is 46.2 Å². The zero-order chi connectivity index (χ0) is 13.8. The van der Waals surface area contributed by atoms with Gasteiger partial charge >= 0.3 is 0 Å². The van der Waals surface area contributed by atoms with Crippen LogP contribution in [0.3, 0.4) is 0 Å². The van der Waals surface area contributed by atoms with Gasteiger partial charge in [-0.15, -0.1) is 11.3 Å². The van der Waals surface area contributed by atoms with Gasteiger partial charge < -0.3 is 5.32 Å². The summed E-state index contributed by atoms with van der Waals surface area (Å²) in [6, 6.07) is 11.9. The van der Waals surface area contributed by atoms with Crippen LogP contribution >= 0.6 is 11.3 Å². The zero-order valence-electron chi connectivity index (χ0n) is 12.2. The molecule has 0 aliphatic rings. The van der Waals surface area contributed by atoms with E-state index in [4.69, 9.17) is 0 Å². The molecule has 0 amide bonds. The van der Waals surface area contributed by atoms with Crippen LogP contribution in [0, 0.1) is 13.8 Å². The van der Waals surface area contributed by atoms with Crippen LogP contribution in [0.4, 0.5) is 0 Å². The number of rotatable bonds is 5. The van der Waals surface area contributed by atoms with Gasteiger partial charge in [0.25, 0.3) is 0 Å². The Labute approximate surface area is 120 Å². The minimum Gasteiger partial charge on any atom is -0.303 e. The molecule has 0 saturated heterocycles. The number of hydrogen-bond acceptors (Lipinski definition) is 2. The molecule has 2 rings (SSSR count). The van der Waals surface area contributed by atoms with Gasteiger partial charge in [0.05, 0.1) is 0 Å². The van der Waals surface area contributed by atoms with E-state index in [0.29, 0.717) is 12.1 Å². The summed E-state index contributed by atoms with van der Waals surface area (Å²) in [7, 11) is 0. The molecule has 2 aromatic rings. The van der Waals surface area contributed by atoms with E-state index < -0.39 is 0 Å². The van der Waals surface area contributed by atoms with Crippen LogP contribution in [-0.2, 0) is 0 Å². The Kier molecular flexibility index (Phi) is 4.78. The van der Waals surface area contributed by atoms with Crippen LogP contribution in [-0.4, -0.2) is 0 Å². The van der Waals surface area contributed by atoms with Crippen molar-refractivity contribution in [3.8, 4) is 0 Å². The van der Waals surface area contributed by atoms with Gasteiger partial charge in [-0.05, 0) is 49.8 Å². The third kappa shape index (κ3) is 3.46. The third-order valence-electron chi connectivity index (χ3n) is 3.65. The lowest BCUT2D eigenvalue weighted by molar-refractivity contribution is 0.460. The van der Waals surface area contributed by atoms with Gasteiger partial charge in [0, 0.05) is 17.0 Å². The van der Waals surface area contributed by atoms with E-state index in [0.717, 1.165) is 6.42 Å². The highest BCUT2D eigenvalue weighted by Gasteiger charge is 2.15. The highest BCUT2D eigenvalue weighted by molar-refractivity contribution is 7.10. The van der Waals surface area contributed by atoms with Crippen LogP contribution in [0.15, 0.2) is 35.7 Å². The fraction of sp³-hybridized carbons (Fsp3) is 0.412. The zero-order valence-corrected chi connectivity index (χ0v) is 13.1. The lowest BCUT2D eigenvalue weighted by Gasteiger charge is -2.23. The highest BCUT2D eigenvalue weighted by Crippen LogP contribution is 2.27. The predicted octanol–water partition coefficient (Wildman–Crippen LogP) is 5.17. The molecule has 2 atom stereocenters. The quantitative estimate of drug-likeness (QED) is 0.792. The number of hydrogen-bond donors (Lipinski definition) is 1. The smallest absolute Gasteiger partial charge is 0.0416 e. The lowest BCUT2D eigenvalue weighted by atomic mass is 9.99. The average molecular weight is 273 g/mol. The van der Waals surface area contributed by atoms with Crippen molar-refractivity contribution in [3.63, 3.8) is 0 Å². The summed E-state index contributed by atoms with van der Waals surface area (Å²) in [5.41, 5.74) is 4.11. The Hall–Kier alpha value is -1.12. The van der Waals surface area contributed by atoms with E-state index >= 15 is 0 Å². The minimum atomic E-state index is 0.381. The predicted molar refractivity (Wildman–Crippen MR) is 84.8 cm³/mol. The van der Waals surface area contributed by atoms with Crippen LogP contribution in [0.1, 0.15) is 53.9 Å². The van der Waals surface area contributed by atoms with Crippen LogP contribution in [0.2, 0.25) is 0 Å². The first-order valence-corrected chi connectivity index (χ1v) is 7.86. The first-order chi connectivity index (χ1) is 9.11. The van der Waals surface area contributed by atoms with Crippen molar-refractivity contribution >= 4 is 11.3 Å². The standard InChI is InChI=1S/C17H23NS/c1-5-16(17-7-6-10-19-17)18-14(4)15-11-12(2)8-9-13(15)3/h6-11,14,16,18H,5H2,1-4H3. The normalized spacial score (nSPS) is 14.3. The molecule has 1 N–H and O–H groups in total. The second kappa shape index (κ2) is 6.36. The van der Waals surface area contributed by atoms with Crippen LogP contribution in [0.25, 0.3) is 0 Å². The Bertz CT molecular complexity index is 516. The van der Waals surface area contributed by atoms with Gasteiger partial charge in [-0.25, -0.2) is 0 Å². The van der Waals surface area contributed by atoms with Crippen molar-refractivity contribution in [1.29, 1.82) is 0 Å².